The van der Waals surface area contributed by atoms with Crippen molar-refractivity contribution >= 4 is 17.7 Å². The molecule has 0 spiro atoms. The first kappa shape index (κ1) is 22.6. The first-order valence-corrected chi connectivity index (χ1v) is 12.0. The summed E-state index contributed by atoms with van der Waals surface area (Å²) in [6.45, 7) is 0.568. The number of piperazine rings is 1. The highest BCUT2D eigenvalue weighted by atomic mass is 16.3. The molecule has 3 aliphatic rings. The molecule has 3 fully saturated rings. The van der Waals surface area contributed by atoms with Gasteiger partial charge >= 0.3 is 0 Å². The SMILES string of the molecule is CN(C)C(=O)c1ccc(-c2ccc([C@@H]3[C@H]4CN(C(=O)C5CCC5)CC(=O)N4[C@H]3CO)cc2)cc1. The molecule has 3 amide bonds. The number of nitrogens with zero attached hydrogens (tertiary/aromatic N) is 3. The molecule has 2 saturated heterocycles. The highest BCUT2D eigenvalue weighted by Crippen LogP contribution is 2.44. The smallest absolute Gasteiger partial charge is 0.253 e. The van der Waals surface area contributed by atoms with Crippen LogP contribution in [0.25, 0.3) is 11.1 Å². The predicted molar refractivity (Wildman–Crippen MR) is 128 cm³/mol. The van der Waals surface area contributed by atoms with Gasteiger partial charge in [-0.15, -0.1) is 0 Å². The van der Waals surface area contributed by atoms with Gasteiger partial charge in [-0.2, -0.15) is 0 Å². The lowest BCUT2D eigenvalue weighted by Crippen LogP contribution is -2.73. The van der Waals surface area contributed by atoms with Crippen molar-refractivity contribution in [3.8, 4) is 11.1 Å². The predicted octanol–water partition coefficient (Wildman–Crippen LogP) is 2.35. The van der Waals surface area contributed by atoms with Gasteiger partial charge in [-0.25, -0.2) is 0 Å². The molecule has 1 aliphatic carbocycles. The van der Waals surface area contributed by atoms with Gasteiger partial charge in [0.25, 0.3) is 5.91 Å². The van der Waals surface area contributed by atoms with Crippen LogP contribution in [0.4, 0.5) is 0 Å². The standard InChI is InChI=1S/C27H31N3O4/c1-28(2)26(33)21-12-8-18(9-13-21)17-6-10-19(11-7-17)25-22-14-29(27(34)20-4-3-5-20)15-24(32)30(22)23(25)16-31/h6-13,20,22-23,25,31H,3-5,14-16H2,1-2H3/t22-,23+,25-/m1/s1. The molecule has 2 aromatic carbocycles. The molecule has 1 saturated carbocycles. The van der Waals surface area contributed by atoms with Gasteiger partial charge in [0.1, 0.15) is 0 Å². The number of hydrogen-bond acceptors (Lipinski definition) is 4. The topological polar surface area (TPSA) is 81.2 Å². The normalized spacial score (nSPS) is 24.2. The van der Waals surface area contributed by atoms with E-state index in [0.717, 1.165) is 36.0 Å². The Bertz CT molecular complexity index is 1090. The lowest BCUT2D eigenvalue weighted by atomic mass is 9.73. The molecule has 5 rings (SSSR count). The van der Waals surface area contributed by atoms with Crippen LogP contribution in [0, 0.1) is 5.92 Å². The summed E-state index contributed by atoms with van der Waals surface area (Å²) in [5, 5.41) is 10.0. The number of fused-ring (bicyclic) bond motifs is 1. The third-order valence-corrected chi connectivity index (χ3v) is 7.69. The van der Waals surface area contributed by atoms with Crippen LogP contribution < -0.4 is 0 Å². The fraction of sp³-hybridized carbons (Fsp3) is 0.444. The van der Waals surface area contributed by atoms with Crippen LogP contribution in [0.15, 0.2) is 48.5 Å². The highest BCUT2D eigenvalue weighted by Gasteiger charge is 2.54. The van der Waals surface area contributed by atoms with E-state index >= 15 is 0 Å². The quantitative estimate of drug-likeness (QED) is 0.741. The number of amides is 3. The van der Waals surface area contributed by atoms with E-state index in [1.807, 2.05) is 36.4 Å². The summed E-state index contributed by atoms with van der Waals surface area (Å²) in [6.07, 6.45) is 2.93. The minimum atomic E-state index is -0.249. The van der Waals surface area contributed by atoms with Gasteiger partial charge in [-0.3, -0.25) is 14.4 Å². The van der Waals surface area contributed by atoms with E-state index in [2.05, 4.69) is 12.1 Å². The van der Waals surface area contributed by atoms with Gasteiger partial charge in [-0.05, 0) is 41.7 Å². The summed E-state index contributed by atoms with van der Waals surface area (Å²) < 4.78 is 0. The Morgan fingerprint density at radius 1 is 1.00 bits per heavy atom. The fourth-order valence-electron chi connectivity index (χ4n) is 5.54. The Morgan fingerprint density at radius 2 is 1.62 bits per heavy atom. The molecule has 3 atom stereocenters. The van der Waals surface area contributed by atoms with Crippen molar-refractivity contribution in [3.05, 3.63) is 59.7 Å². The van der Waals surface area contributed by atoms with E-state index in [-0.39, 0.29) is 54.8 Å². The van der Waals surface area contributed by atoms with Crippen molar-refractivity contribution in [2.45, 2.75) is 37.3 Å². The van der Waals surface area contributed by atoms with Crippen LogP contribution in [0.3, 0.4) is 0 Å². The largest absolute Gasteiger partial charge is 0.394 e. The monoisotopic (exact) mass is 461 g/mol. The summed E-state index contributed by atoms with van der Waals surface area (Å²) >= 11 is 0. The van der Waals surface area contributed by atoms with Crippen LogP contribution in [0.2, 0.25) is 0 Å². The van der Waals surface area contributed by atoms with E-state index in [0.29, 0.717) is 12.1 Å². The Balaban J connectivity index is 1.33. The number of hydrogen-bond donors (Lipinski definition) is 1. The van der Waals surface area contributed by atoms with E-state index in [1.165, 1.54) is 0 Å². The van der Waals surface area contributed by atoms with E-state index in [9.17, 15) is 19.5 Å². The van der Waals surface area contributed by atoms with Crippen molar-refractivity contribution in [1.82, 2.24) is 14.7 Å². The number of aliphatic hydroxyl groups is 1. The number of carbonyl (C=O) groups is 3. The van der Waals surface area contributed by atoms with Gasteiger partial charge in [0.2, 0.25) is 11.8 Å². The highest BCUT2D eigenvalue weighted by molar-refractivity contribution is 5.94. The fourth-order valence-corrected chi connectivity index (χ4v) is 5.54. The minimum Gasteiger partial charge on any atom is -0.394 e. The average Bonchev–Trinajstić information content (AvgIpc) is 2.79. The van der Waals surface area contributed by atoms with Gasteiger partial charge in [-0.1, -0.05) is 42.8 Å². The number of benzene rings is 2. The van der Waals surface area contributed by atoms with Crippen molar-refractivity contribution in [2.24, 2.45) is 5.92 Å². The number of aliphatic hydroxyl groups excluding tert-OH is 1. The third-order valence-electron chi connectivity index (χ3n) is 7.69. The lowest BCUT2D eigenvalue weighted by molar-refractivity contribution is -0.169. The maximum Gasteiger partial charge on any atom is 0.253 e. The van der Waals surface area contributed by atoms with Gasteiger partial charge in [0.05, 0.1) is 25.2 Å². The van der Waals surface area contributed by atoms with Crippen LogP contribution in [0.5, 0.6) is 0 Å². The summed E-state index contributed by atoms with van der Waals surface area (Å²) in [6, 6.07) is 15.4. The number of rotatable bonds is 5. The van der Waals surface area contributed by atoms with Gasteiger partial charge in [0, 0.05) is 38.0 Å². The van der Waals surface area contributed by atoms with E-state index in [1.54, 1.807) is 28.8 Å². The van der Waals surface area contributed by atoms with Crippen LogP contribution in [-0.4, -0.2) is 83.4 Å². The average molecular weight is 462 g/mol. The van der Waals surface area contributed by atoms with Crippen LogP contribution in [0.1, 0.15) is 41.1 Å². The molecule has 0 aromatic heterocycles. The summed E-state index contributed by atoms with van der Waals surface area (Å²) in [7, 11) is 3.47. The molecule has 2 aliphatic heterocycles. The zero-order valence-corrected chi connectivity index (χ0v) is 19.7. The Labute approximate surface area is 200 Å². The second kappa shape index (κ2) is 8.87. The summed E-state index contributed by atoms with van der Waals surface area (Å²) in [5.74, 6) is 0.0869. The molecule has 2 heterocycles. The van der Waals surface area contributed by atoms with Gasteiger partial charge in [0.15, 0.2) is 0 Å². The molecule has 7 nitrogen and oxygen atoms in total. The second-order valence-corrected chi connectivity index (χ2v) is 9.89. The Kier molecular flexibility index (Phi) is 5.90. The third kappa shape index (κ3) is 3.78. The first-order valence-electron chi connectivity index (χ1n) is 12.0. The molecule has 2 aromatic rings. The molecular formula is C27H31N3O4. The number of carbonyl (C=O) groups excluding carboxylic acids is 3. The zero-order valence-electron chi connectivity index (χ0n) is 19.7. The summed E-state index contributed by atoms with van der Waals surface area (Å²) in [5.41, 5.74) is 3.76. The molecular weight excluding hydrogens is 430 g/mol. The summed E-state index contributed by atoms with van der Waals surface area (Å²) in [4.78, 5) is 42.8. The van der Waals surface area contributed by atoms with Crippen molar-refractivity contribution in [3.63, 3.8) is 0 Å². The molecule has 0 radical (unpaired) electrons. The maximum absolute atomic E-state index is 12.8. The van der Waals surface area contributed by atoms with Crippen LogP contribution >= 0.6 is 0 Å². The van der Waals surface area contributed by atoms with Crippen LogP contribution in [-0.2, 0) is 9.59 Å². The molecule has 7 heteroatoms. The minimum absolute atomic E-state index is 0.0000736. The van der Waals surface area contributed by atoms with Crippen molar-refractivity contribution in [2.75, 3.05) is 33.8 Å². The Hall–Kier alpha value is -3.19. The zero-order chi connectivity index (χ0) is 24.0. The van der Waals surface area contributed by atoms with Gasteiger partial charge < -0.3 is 19.8 Å². The van der Waals surface area contributed by atoms with E-state index < -0.39 is 0 Å². The van der Waals surface area contributed by atoms with Crippen molar-refractivity contribution in [1.29, 1.82) is 0 Å². The second-order valence-electron chi connectivity index (χ2n) is 9.89. The molecule has 0 bridgehead atoms. The molecule has 34 heavy (non-hydrogen) atoms. The molecule has 1 N–H and O–H groups in total. The van der Waals surface area contributed by atoms with Crippen molar-refractivity contribution < 1.29 is 19.5 Å². The molecule has 0 unspecified atom stereocenters. The Morgan fingerprint density at radius 3 is 2.15 bits per heavy atom. The maximum atomic E-state index is 12.8. The lowest BCUT2D eigenvalue weighted by Gasteiger charge is -2.59. The van der Waals surface area contributed by atoms with E-state index in [4.69, 9.17) is 0 Å². The first-order chi connectivity index (χ1) is 16.4. The molecule has 178 valence electrons.